The third kappa shape index (κ3) is 6.60. The van der Waals surface area contributed by atoms with Crippen molar-refractivity contribution in [2.75, 3.05) is 13.7 Å². The Kier molecular flexibility index (Phi) is 8.26. The molecule has 3 rings (SSSR count). The van der Waals surface area contributed by atoms with Crippen LogP contribution in [0.3, 0.4) is 0 Å². The standard InChI is InChI=1S/C26H28N2O4/c1-4-20-10-13-23(14-11-20)31-18-26(29)28-27-19(2)22-12-15-24(25(16-22)30-3)32-17-21-8-6-5-7-9-21/h5-16H,4,17-18H2,1-3H3,(H,28,29)/b27-19+. The Bertz CT molecular complexity index is 1050. The predicted octanol–water partition coefficient (Wildman–Crippen LogP) is 4.76. The smallest absolute Gasteiger partial charge is 0.277 e. The molecule has 6 heteroatoms. The third-order valence-electron chi connectivity index (χ3n) is 4.87. The van der Waals surface area contributed by atoms with Gasteiger partial charge in [0.05, 0.1) is 12.8 Å². The van der Waals surface area contributed by atoms with Crippen LogP contribution in [-0.2, 0) is 17.8 Å². The first-order valence-electron chi connectivity index (χ1n) is 10.5. The third-order valence-corrected chi connectivity index (χ3v) is 4.87. The van der Waals surface area contributed by atoms with Crippen LogP contribution in [0.2, 0.25) is 0 Å². The highest BCUT2D eigenvalue weighted by molar-refractivity contribution is 5.99. The highest BCUT2D eigenvalue weighted by Gasteiger charge is 2.09. The molecule has 0 spiro atoms. The number of methoxy groups -OCH3 is 1. The van der Waals surface area contributed by atoms with E-state index in [9.17, 15) is 4.79 Å². The summed E-state index contributed by atoms with van der Waals surface area (Å²) in [6.07, 6.45) is 0.958. The average Bonchev–Trinajstić information content (AvgIpc) is 2.85. The van der Waals surface area contributed by atoms with Crippen LogP contribution in [0.1, 0.15) is 30.5 Å². The Morgan fingerprint density at radius 1 is 0.906 bits per heavy atom. The molecular formula is C26H28N2O4. The van der Waals surface area contributed by atoms with Gasteiger partial charge in [-0.25, -0.2) is 5.43 Å². The van der Waals surface area contributed by atoms with Crippen LogP contribution in [0, 0.1) is 0 Å². The summed E-state index contributed by atoms with van der Waals surface area (Å²) in [4.78, 5) is 12.1. The summed E-state index contributed by atoms with van der Waals surface area (Å²) in [7, 11) is 1.59. The molecule has 6 nitrogen and oxygen atoms in total. The first kappa shape index (κ1) is 22.9. The number of hydrazone groups is 1. The lowest BCUT2D eigenvalue weighted by Crippen LogP contribution is -2.25. The summed E-state index contributed by atoms with van der Waals surface area (Å²) in [5.74, 6) is 1.55. The molecule has 0 aromatic heterocycles. The van der Waals surface area contributed by atoms with E-state index in [2.05, 4.69) is 17.5 Å². The number of carbonyl (C=O) groups is 1. The zero-order chi connectivity index (χ0) is 22.8. The number of ether oxygens (including phenoxy) is 3. The van der Waals surface area contributed by atoms with Gasteiger partial charge in [-0.3, -0.25) is 4.79 Å². The van der Waals surface area contributed by atoms with Crippen LogP contribution in [-0.4, -0.2) is 25.3 Å². The molecule has 0 aliphatic rings. The van der Waals surface area contributed by atoms with E-state index in [1.165, 1.54) is 5.56 Å². The molecule has 0 aliphatic carbocycles. The lowest BCUT2D eigenvalue weighted by atomic mass is 10.1. The second-order valence-corrected chi connectivity index (χ2v) is 7.16. The number of rotatable bonds is 10. The lowest BCUT2D eigenvalue weighted by Gasteiger charge is -2.12. The molecule has 0 saturated carbocycles. The molecule has 0 radical (unpaired) electrons. The Morgan fingerprint density at radius 2 is 1.66 bits per heavy atom. The number of amides is 1. The predicted molar refractivity (Wildman–Crippen MR) is 125 cm³/mol. The molecule has 0 aliphatic heterocycles. The van der Waals surface area contributed by atoms with E-state index >= 15 is 0 Å². The van der Waals surface area contributed by atoms with Crippen LogP contribution < -0.4 is 19.6 Å². The van der Waals surface area contributed by atoms with Gasteiger partial charge in [-0.05, 0) is 54.8 Å². The summed E-state index contributed by atoms with van der Waals surface area (Å²) in [5, 5.41) is 4.17. The summed E-state index contributed by atoms with van der Waals surface area (Å²) < 4.78 is 16.9. The van der Waals surface area contributed by atoms with Gasteiger partial charge in [0.25, 0.3) is 5.91 Å². The van der Waals surface area contributed by atoms with Crippen molar-refractivity contribution in [1.29, 1.82) is 0 Å². The topological polar surface area (TPSA) is 69.2 Å². The molecule has 0 heterocycles. The van der Waals surface area contributed by atoms with Gasteiger partial charge in [-0.2, -0.15) is 5.10 Å². The van der Waals surface area contributed by atoms with Gasteiger partial charge < -0.3 is 14.2 Å². The largest absolute Gasteiger partial charge is 0.493 e. The van der Waals surface area contributed by atoms with Crippen molar-refractivity contribution in [3.63, 3.8) is 0 Å². The van der Waals surface area contributed by atoms with Gasteiger partial charge in [0.15, 0.2) is 18.1 Å². The first-order chi connectivity index (χ1) is 15.6. The Morgan fingerprint density at radius 3 is 2.34 bits per heavy atom. The fourth-order valence-electron chi connectivity index (χ4n) is 2.96. The molecule has 0 bridgehead atoms. The molecule has 0 atom stereocenters. The molecule has 1 amide bonds. The van der Waals surface area contributed by atoms with Crippen molar-refractivity contribution >= 4 is 11.6 Å². The molecule has 0 unspecified atom stereocenters. The van der Waals surface area contributed by atoms with Gasteiger partial charge in [0, 0.05) is 5.56 Å². The summed E-state index contributed by atoms with van der Waals surface area (Å²) in [6, 6.07) is 23.1. The first-order valence-corrected chi connectivity index (χ1v) is 10.5. The minimum absolute atomic E-state index is 0.113. The van der Waals surface area contributed by atoms with Gasteiger partial charge >= 0.3 is 0 Å². The van der Waals surface area contributed by atoms with E-state index in [0.29, 0.717) is 29.6 Å². The summed E-state index contributed by atoms with van der Waals surface area (Å²) >= 11 is 0. The molecular weight excluding hydrogens is 404 g/mol. The zero-order valence-electron chi connectivity index (χ0n) is 18.6. The Hall–Kier alpha value is -3.80. The van der Waals surface area contributed by atoms with Gasteiger partial charge in [-0.1, -0.05) is 49.4 Å². The van der Waals surface area contributed by atoms with Crippen molar-refractivity contribution < 1.29 is 19.0 Å². The number of hydrogen-bond donors (Lipinski definition) is 1. The van der Waals surface area contributed by atoms with Crippen molar-refractivity contribution in [3.8, 4) is 17.2 Å². The lowest BCUT2D eigenvalue weighted by molar-refractivity contribution is -0.123. The van der Waals surface area contributed by atoms with Gasteiger partial charge in [0.2, 0.25) is 0 Å². The van der Waals surface area contributed by atoms with Crippen molar-refractivity contribution in [3.05, 3.63) is 89.5 Å². The zero-order valence-corrected chi connectivity index (χ0v) is 18.6. The quantitative estimate of drug-likeness (QED) is 0.371. The van der Waals surface area contributed by atoms with E-state index < -0.39 is 0 Å². The van der Waals surface area contributed by atoms with Crippen LogP contribution >= 0.6 is 0 Å². The maximum Gasteiger partial charge on any atom is 0.277 e. The van der Waals surface area contributed by atoms with E-state index in [1.54, 1.807) is 7.11 Å². The number of hydrogen-bond acceptors (Lipinski definition) is 5. The summed E-state index contributed by atoms with van der Waals surface area (Å²) in [6.45, 7) is 4.23. The summed E-state index contributed by atoms with van der Waals surface area (Å²) in [5.41, 5.74) is 6.26. The van der Waals surface area contributed by atoms with Crippen molar-refractivity contribution in [2.45, 2.75) is 26.9 Å². The van der Waals surface area contributed by atoms with Crippen LogP contribution in [0.5, 0.6) is 17.2 Å². The molecule has 3 aromatic carbocycles. The van der Waals surface area contributed by atoms with E-state index in [0.717, 1.165) is 17.5 Å². The molecule has 1 N–H and O–H groups in total. The highest BCUT2D eigenvalue weighted by atomic mass is 16.5. The molecule has 166 valence electrons. The second-order valence-electron chi connectivity index (χ2n) is 7.16. The maximum absolute atomic E-state index is 12.1. The van der Waals surface area contributed by atoms with Gasteiger partial charge in [-0.15, -0.1) is 0 Å². The van der Waals surface area contributed by atoms with Crippen LogP contribution in [0.4, 0.5) is 0 Å². The highest BCUT2D eigenvalue weighted by Crippen LogP contribution is 2.29. The van der Waals surface area contributed by atoms with Crippen LogP contribution in [0.15, 0.2) is 77.9 Å². The number of nitrogens with one attached hydrogen (secondary N) is 1. The average molecular weight is 433 g/mol. The molecule has 32 heavy (non-hydrogen) atoms. The number of carbonyl (C=O) groups excluding carboxylic acids is 1. The Labute approximate surface area is 188 Å². The fraction of sp³-hybridized carbons (Fsp3) is 0.231. The van der Waals surface area contributed by atoms with E-state index in [-0.39, 0.29) is 12.5 Å². The van der Waals surface area contributed by atoms with Crippen LogP contribution in [0.25, 0.3) is 0 Å². The maximum atomic E-state index is 12.1. The molecule has 3 aromatic rings. The van der Waals surface area contributed by atoms with E-state index in [4.69, 9.17) is 14.2 Å². The number of benzene rings is 3. The minimum atomic E-state index is -0.335. The minimum Gasteiger partial charge on any atom is -0.493 e. The monoisotopic (exact) mass is 432 g/mol. The fourth-order valence-corrected chi connectivity index (χ4v) is 2.96. The Balaban J connectivity index is 1.55. The number of aryl methyl sites for hydroxylation is 1. The van der Waals surface area contributed by atoms with E-state index in [1.807, 2.05) is 79.7 Å². The second kappa shape index (κ2) is 11.6. The SMILES string of the molecule is CCc1ccc(OCC(=O)N/N=C(\C)c2ccc(OCc3ccccc3)c(OC)c2)cc1. The molecule has 0 saturated heterocycles. The van der Waals surface area contributed by atoms with Crippen molar-refractivity contribution in [2.24, 2.45) is 5.10 Å². The normalized spacial score (nSPS) is 11.0. The molecule has 0 fully saturated rings. The number of nitrogens with zero attached hydrogens (tertiary/aromatic N) is 1. The van der Waals surface area contributed by atoms with Gasteiger partial charge in [0.1, 0.15) is 12.4 Å². The van der Waals surface area contributed by atoms with Crippen molar-refractivity contribution in [1.82, 2.24) is 5.43 Å².